The molecule has 0 aliphatic carbocycles. The SMILES string of the molecule is CC(C)NS(=O)(=O)c1ccc(NC(=O)[C@H](C)Sc2nc3ccccc3[nH]2)cc1. The molecule has 1 aromatic heterocycles. The van der Waals surface area contributed by atoms with Crippen LogP contribution < -0.4 is 10.0 Å². The summed E-state index contributed by atoms with van der Waals surface area (Å²) >= 11 is 1.33. The molecule has 0 fully saturated rings. The van der Waals surface area contributed by atoms with E-state index in [0.29, 0.717) is 10.8 Å². The fourth-order valence-corrected chi connectivity index (χ4v) is 4.62. The first-order valence-corrected chi connectivity index (χ1v) is 11.2. The van der Waals surface area contributed by atoms with Crippen LogP contribution in [0.4, 0.5) is 5.69 Å². The molecule has 9 heteroatoms. The molecule has 1 heterocycles. The average molecular weight is 419 g/mol. The number of nitrogens with zero attached hydrogens (tertiary/aromatic N) is 1. The minimum absolute atomic E-state index is 0.156. The lowest BCUT2D eigenvalue weighted by molar-refractivity contribution is -0.115. The normalized spacial score (nSPS) is 13.0. The van der Waals surface area contributed by atoms with Crippen LogP contribution in [-0.2, 0) is 14.8 Å². The monoisotopic (exact) mass is 418 g/mol. The van der Waals surface area contributed by atoms with E-state index in [0.717, 1.165) is 11.0 Å². The molecule has 0 unspecified atom stereocenters. The first-order chi connectivity index (χ1) is 13.2. The van der Waals surface area contributed by atoms with Crippen molar-refractivity contribution in [1.82, 2.24) is 14.7 Å². The molecule has 28 heavy (non-hydrogen) atoms. The van der Waals surface area contributed by atoms with Gasteiger partial charge in [0.05, 0.1) is 21.2 Å². The number of anilines is 1. The van der Waals surface area contributed by atoms with Gasteiger partial charge in [0.15, 0.2) is 5.16 Å². The number of H-pyrrole nitrogens is 1. The summed E-state index contributed by atoms with van der Waals surface area (Å²) < 4.78 is 26.8. The van der Waals surface area contributed by atoms with Crippen molar-refractivity contribution in [2.24, 2.45) is 0 Å². The van der Waals surface area contributed by atoms with Crippen LogP contribution in [0.3, 0.4) is 0 Å². The van der Waals surface area contributed by atoms with E-state index in [1.54, 1.807) is 32.9 Å². The standard InChI is InChI=1S/C19H22N4O3S2/c1-12(2)23-28(25,26)15-10-8-14(9-11-15)20-18(24)13(3)27-19-21-16-6-4-5-7-17(16)22-19/h4-13,23H,1-3H3,(H,20,24)(H,21,22)/t13-/m0/s1. The first kappa shape index (κ1) is 20.4. The van der Waals surface area contributed by atoms with Gasteiger partial charge >= 0.3 is 0 Å². The summed E-state index contributed by atoms with van der Waals surface area (Å²) in [5.74, 6) is -0.193. The van der Waals surface area contributed by atoms with E-state index in [4.69, 9.17) is 0 Å². The zero-order chi connectivity index (χ0) is 20.3. The molecule has 3 rings (SSSR count). The number of aromatic amines is 1. The Balaban J connectivity index is 1.63. The van der Waals surface area contributed by atoms with Crippen LogP contribution in [0.5, 0.6) is 0 Å². The molecule has 0 radical (unpaired) electrons. The van der Waals surface area contributed by atoms with Crippen molar-refractivity contribution < 1.29 is 13.2 Å². The van der Waals surface area contributed by atoms with Gasteiger partial charge in [-0.3, -0.25) is 4.79 Å². The Bertz CT molecular complexity index is 1040. The van der Waals surface area contributed by atoms with Crippen molar-refractivity contribution >= 4 is 44.4 Å². The Hall–Kier alpha value is -2.36. The van der Waals surface area contributed by atoms with Crippen molar-refractivity contribution in [2.75, 3.05) is 5.32 Å². The summed E-state index contributed by atoms with van der Waals surface area (Å²) in [5.41, 5.74) is 2.30. The summed E-state index contributed by atoms with van der Waals surface area (Å²) in [6.45, 7) is 5.30. The molecular weight excluding hydrogens is 396 g/mol. The maximum Gasteiger partial charge on any atom is 0.240 e. The molecule has 1 atom stereocenters. The highest BCUT2D eigenvalue weighted by atomic mass is 32.2. The predicted molar refractivity (Wildman–Crippen MR) is 112 cm³/mol. The second kappa shape index (κ2) is 8.34. The number of carbonyl (C=O) groups is 1. The third-order valence-corrected chi connectivity index (χ3v) is 6.51. The number of imidazole rings is 1. The molecule has 148 valence electrons. The van der Waals surface area contributed by atoms with E-state index in [1.807, 2.05) is 24.3 Å². The zero-order valence-corrected chi connectivity index (χ0v) is 17.4. The molecule has 3 aromatic rings. The number of benzene rings is 2. The van der Waals surface area contributed by atoms with Crippen LogP contribution in [0.25, 0.3) is 11.0 Å². The number of hydrogen-bond acceptors (Lipinski definition) is 5. The zero-order valence-electron chi connectivity index (χ0n) is 15.8. The van der Waals surface area contributed by atoms with Crippen LogP contribution in [0.1, 0.15) is 20.8 Å². The van der Waals surface area contributed by atoms with Crippen molar-refractivity contribution in [3.8, 4) is 0 Å². The number of amides is 1. The highest BCUT2D eigenvalue weighted by molar-refractivity contribution is 8.00. The minimum Gasteiger partial charge on any atom is -0.333 e. The fraction of sp³-hybridized carbons (Fsp3) is 0.263. The molecule has 7 nitrogen and oxygen atoms in total. The second-order valence-corrected chi connectivity index (χ2v) is 9.65. The van der Waals surface area contributed by atoms with Crippen molar-refractivity contribution in [2.45, 2.75) is 42.1 Å². The molecule has 0 aliphatic rings. The maximum atomic E-state index is 12.5. The number of hydrogen-bond donors (Lipinski definition) is 3. The van der Waals surface area contributed by atoms with Gasteiger partial charge in [0, 0.05) is 11.7 Å². The van der Waals surface area contributed by atoms with Crippen LogP contribution >= 0.6 is 11.8 Å². The summed E-state index contributed by atoms with van der Waals surface area (Å²) in [6.07, 6.45) is 0. The van der Waals surface area contributed by atoms with E-state index in [2.05, 4.69) is 20.0 Å². The van der Waals surface area contributed by atoms with E-state index >= 15 is 0 Å². The molecule has 3 N–H and O–H groups in total. The second-order valence-electron chi connectivity index (χ2n) is 6.61. The Morgan fingerprint density at radius 3 is 2.39 bits per heavy atom. The highest BCUT2D eigenvalue weighted by Gasteiger charge is 2.18. The van der Waals surface area contributed by atoms with Crippen LogP contribution in [0.15, 0.2) is 58.6 Å². The van der Waals surface area contributed by atoms with Crippen molar-refractivity contribution in [3.63, 3.8) is 0 Å². The third kappa shape index (κ3) is 4.92. The van der Waals surface area contributed by atoms with Gasteiger partial charge in [-0.25, -0.2) is 18.1 Å². The molecule has 2 aromatic carbocycles. The highest BCUT2D eigenvalue weighted by Crippen LogP contribution is 2.24. The average Bonchev–Trinajstić information content (AvgIpc) is 3.03. The Morgan fingerprint density at radius 1 is 1.07 bits per heavy atom. The number of carbonyl (C=O) groups excluding carboxylic acids is 1. The Kier molecular flexibility index (Phi) is 6.07. The van der Waals surface area contributed by atoms with Gasteiger partial charge in [-0.05, 0) is 57.2 Å². The van der Waals surface area contributed by atoms with E-state index in [9.17, 15) is 13.2 Å². The van der Waals surface area contributed by atoms with Gasteiger partial charge in [-0.1, -0.05) is 23.9 Å². The molecule has 0 spiro atoms. The first-order valence-electron chi connectivity index (χ1n) is 8.79. The van der Waals surface area contributed by atoms with Gasteiger partial charge in [0.2, 0.25) is 15.9 Å². The number of sulfonamides is 1. The number of thioether (sulfide) groups is 1. The van der Waals surface area contributed by atoms with Gasteiger partial charge < -0.3 is 10.3 Å². The number of para-hydroxylation sites is 2. The minimum atomic E-state index is -3.55. The molecular formula is C19H22N4O3S2. The predicted octanol–water partition coefficient (Wildman–Crippen LogP) is 3.37. The summed E-state index contributed by atoms with van der Waals surface area (Å²) in [4.78, 5) is 20.3. The number of aromatic nitrogens is 2. The topological polar surface area (TPSA) is 104 Å². The molecule has 0 aliphatic heterocycles. The molecule has 0 saturated heterocycles. The maximum absolute atomic E-state index is 12.5. The van der Waals surface area contributed by atoms with E-state index in [1.165, 1.54) is 23.9 Å². The largest absolute Gasteiger partial charge is 0.333 e. The smallest absolute Gasteiger partial charge is 0.240 e. The molecule has 1 amide bonds. The summed E-state index contributed by atoms with van der Waals surface area (Å²) in [5, 5.41) is 3.09. The van der Waals surface area contributed by atoms with Crippen molar-refractivity contribution in [1.29, 1.82) is 0 Å². The van der Waals surface area contributed by atoms with Gasteiger partial charge in [0.25, 0.3) is 0 Å². The Morgan fingerprint density at radius 2 is 1.75 bits per heavy atom. The van der Waals surface area contributed by atoms with E-state index in [-0.39, 0.29) is 22.1 Å². The summed E-state index contributed by atoms with van der Waals surface area (Å²) in [7, 11) is -3.55. The van der Waals surface area contributed by atoms with Crippen LogP contribution in [-0.4, -0.2) is 35.6 Å². The Labute approximate surface area is 168 Å². The van der Waals surface area contributed by atoms with Crippen LogP contribution in [0.2, 0.25) is 0 Å². The van der Waals surface area contributed by atoms with Crippen LogP contribution in [0, 0.1) is 0 Å². The number of nitrogens with one attached hydrogen (secondary N) is 3. The van der Waals surface area contributed by atoms with Gasteiger partial charge in [-0.15, -0.1) is 0 Å². The van der Waals surface area contributed by atoms with Gasteiger partial charge in [-0.2, -0.15) is 0 Å². The van der Waals surface area contributed by atoms with Crippen molar-refractivity contribution in [3.05, 3.63) is 48.5 Å². The lowest BCUT2D eigenvalue weighted by Gasteiger charge is -2.12. The molecule has 0 saturated carbocycles. The number of fused-ring (bicyclic) bond motifs is 1. The summed E-state index contributed by atoms with van der Waals surface area (Å²) in [6, 6.07) is 13.6. The fourth-order valence-electron chi connectivity index (χ4n) is 2.55. The lowest BCUT2D eigenvalue weighted by Crippen LogP contribution is -2.30. The van der Waals surface area contributed by atoms with Gasteiger partial charge in [0.1, 0.15) is 0 Å². The molecule has 0 bridgehead atoms. The lowest BCUT2D eigenvalue weighted by atomic mass is 10.3. The number of rotatable bonds is 7. The quantitative estimate of drug-likeness (QED) is 0.510. The van der Waals surface area contributed by atoms with E-state index < -0.39 is 10.0 Å². The third-order valence-electron chi connectivity index (χ3n) is 3.85.